The summed E-state index contributed by atoms with van der Waals surface area (Å²) in [6.07, 6.45) is 4.17. The number of aromatic nitrogens is 4. The van der Waals surface area contributed by atoms with Gasteiger partial charge in [-0.25, -0.2) is 9.97 Å². The molecule has 5 nitrogen and oxygen atoms in total. The maximum atomic E-state index is 4.85. The smallest absolute Gasteiger partial charge is 0.161 e. The number of benzene rings is 1. The highest BCUT2D eigenvalue weighted by Crippen LogP contribution is 2.38. The van der Waals surface area contributed by atoms with E-state index >= 15 is 0 Å². The first kappa shape index (κ1) is 15.8. The van der Waals surface area contributed by atoms with Crippen molar-refractivity contribution >= 4 is 5.82 Å². The fourth-order valence-electron chi connectivity index (χ4n) is 3.85. The first-order chi connectivity index (χ1) is 12.1. The molecule has 0 saturated carbocycles. The Morgan fingerprint density at radius 2 is 1.88 bits per heavy atom. The highest BCUT2D eigenvalue weighted by molar-refractivity contribution is 5.57. The molecule has 1 aliphatic heterocycles. The fourth-order valence-corrected chi connectivity index (χ4v) is 3.85. The van der Waals surface area contributed by atoms with Crippen LogP contribution in [0, 0.1) is 13.8 Å². The molecule has 0 bridgehead atoms. The number of nitrogens with zero attached hydrogens (tertiary/aromatic N) is 5. The van der Waals surface area contributed by atoms with E-state index in [0.29, 0.717) is 6.04 Å². The van der Waals surface area contributed by atoms with E-state index in [1.54, 1.807) is 0 Å². The van der Waals surface area contributed by atoms with Gasteiger partial charge in [0.25, 0.3) is 0 Å². The van der Waals surface area contributed by atoms with Crippen molar-refractivity contribution in [2.75, 3.05) is 11.4 Å². The normalized spacial score (nSPS) is 17.2. The fraction of sp³-hybridized carbons (Fsp3) is 0.350. The van der Waals surface area contributed by atoms with Gasteiger partial charge in [0.1, 0.15) is 5.82 Å². The minimum atomic E-state index is 0.340. The molecule has 0 amide bonds. The van der Waals surface area contributed by atoms with E-state index in [9.17, 15) is 0 Å². The van der Waals surface area contributed by atoms with E-state index < -0.39 is 0 Å². The van der Waals surface area contributed by atoms with Crippen LogP contribution in [-0.4, -0.2) is 26.3 Å². The standard InChI is InChI=1S/C20H23N5/c1-14-19(15(2)24(3)23-14)17-10-7-13-25(17)18-11-12-21-20(22-18)16-8-5-4-6-9-16/h4-6,8-9,11-12,17H,7,10,13H2,1-3H3. The summed E-state index contributed by atoms with van der Waals surface area (Å²) in [5, 5.41) is 4.61. The molecule has 0 spiro atoms. The van der Waals surface area contributed by atoms with Crippen molar-refractivity contribution in [3.63, 3.8) is 0 Å². The van der Waals surface area contributed by atoms with Crippen molar-refractivity contribution in [3.8, 4) is 11.4 Å². The summed E-state index contributed by atoms with van der Waals surface area (Å²) in [5.41, 5.74) is 4.76. The van der Waals surface area contributed by atoms with Crippen molar-refractivity contribution in [3.05, 3.63) is 59.5 Å². The lowest BCUT2D eigenvalue weighted by atomic mass is 10.0. The predicted molar refractivity (Wildman–Crippen MR) is 99.5 cm³/mol. The van der Waals surface area contributed by atoms with Gasteiger partial charge in [-0.05, 0) is 32.8 Å². The third-order valence-corrected chi connectivity index (χ3v) is 5.12. The Labute approximate surface area is 148 Å². The van der Waals surface area contributed by atoms with E-state index in [4.69, 9.17) is 4.98 Å². The third-order valence-electron chi connectivity index (χ3n) is 5.12. The molecule has 3 heterocycles. The van der Waals surface area contributed by atoms with Crippen LogP contribution in [0.25, 0.3) is 11.4 Å². The molecule has 3 aromatic rings. The van der Waals surface area contributed by atoms with Gasteiger partial charge in [0.15, 0.2) is 5.82 Å². The minimum absolute atomic E-state index is 0.340. The lowest BCUT2D eigenvalue weighted by Gasteiger charge is -2.26. The topological polar surface area (TPSA) is 46.8 Å². The first-order valence-corrected chi connectivity index (χ1v) is 8.80. The zero-order valence-electron chi connectivity index (χ0n) is 15.0. The van der Waals surface area contributed by atoms with E-state index in [1.165, 1.54) is 17.7 Å². The Morgan fingerprint density at radius 3 is 2.60 bits per heavy atom. The second-order valence-electron chi connectivity index (χ2n) is 6.66. The summed E-state index contributed by atoms with van der Waals surface area (Å²) in [6, 6.07) is 12.5. The average Bonchev–Trinajstić information content (AvgIpc) is 3.20. The molecule has 1 aromatic carbocycles. The van der Waals surface area contributed by atoms with Gasteiger partial charge in [-0.3, -0.25) is 4.68 Å². The van der Waals surface area contributed by atoms with Crippen molar-refractivity contribution in [2.45, 2.75) is 32.7 Å². The number of hydrogen-bond acceptors (Lipinski definition) is 4. The van der Waals surface area contributed by atoms with E-state index in [-0.39, 0.29) is 0 Å². The quantitative estimate of drug-likeness (QED) is 0.731. The number of anilines is 1. The lowest BCUT2D eigenvalue weighted by molar-refractivity contribution is 0.693. The van der Waals surface area contributed by atoms with Gasteiger partial charge < -0.3 is 4.90 Å². The van der Waals surface area contributed by atoms with E-state index in [1.807, 2.05) is 42.2 Å². The second kappa shape index (κ2) is 6.31. The highest BCUT2D eigenvalue weighted by Gasteiger charge is 2.31. The Balaban J connectivity index is 1.72. The van der Waals surface area contributed by atoms with Crippen LogP contribution in [0.4, 0.5) is 5.82 Å². The molecule has 25 heavy (non-hydrogen) atoms. The second-order valence-corrected chi connectivity index (χ2v) is 6.66. The number of aryl methyl sites for hydroxylation is 2. The first-order valence-electron chi connectivity index (χ1n) is 8.80. The van der Waals surface area contributed by atoms with E-state index in [0.717, 1.165) is 35.9 Å². The largest absolute Gasteiger partial charge is 0.349 e. The summed E-state index contributed by atoms with van der Waals surface area (Å²) in [7, 11) is 2.02. The van der Waals surface area contributed by atoms with Gasteiger partial charge in [-0.1, -0.05) is 30.3 Å². The summed E-state index contributed by atoms with van der Waals surface area (Å²) >= 11 is 0. The van der Waals surface area contributed by atoms with Crippen LogP contribution >= 0.6 is 0 Å². The minimum Gasteiger partial charge on any atom is -0.349 e. The van der Waals surface area contributed by atoms with Gasteiger partial charge in [-0.15, -0.1) is 0 Å². The molecule has 0 radical (unpaired) electrons. The zero-order chi connectivity index (χ0) is 17.4. The number of rotatable bonds is 3. The molecule has 1 aliphatic rings. The van der Waals surface area contributed by atoms with Gasteiger partial charge in [-0.2, -0.15) is 5.10 Å². The SMILES string of the molecule is Cc1nn(C)c(C)c1C1CCCN1c1ccnc(-c2ccccc2)n1. The van der Waals surface area contributed by atoms with Crippen molar-refractivity contribution < 1.29 is 0 Å². The Kier molecular flexibility index (Phi) is 3.99. The molecule has 0 aliphatic carbocycles. The molecular formula is C20H23N5. The maximum Gasteiger partial charge on any atom is 0.161 e. The van der Waals surface area contributed by atoms with Crippen molar-refractivity contribution in [1.29, 1.82) is 0 Å². The average molecular weight is 333 g/mol. The van der Waals surface area contributed by atoms with Gasteiger partial charge in [0.2, 0.25) is 0 Å². The maximum absolute atomic E-state index is 4.85. The summed E-state index contributed by atoms with van der Waals surface area (Å²) in [5.74, 6) is 1.78. The molecule has 1 fully saturated rings. The van der Waals surface area contributed by atoms with Crippen LogP contribution in [0.15, 0.2) is 42.6 Å². The van der Waals surface area contributed by atoms with Gasteiger partial charge in [0.05, 0.1) is 11.7 Å². The van der Waals surface area contributed by atoms with E-state index in [2.05, 4.69) is 41.0 Å². The molecule has 128 valence electrons. The Hall–Kier alpha value is -2.69. The molecule has 4 rings (SSSR count). The lowest BCUT2D eigenvalue weighted by Crippen LogP contribution is -2.24. The molecular weight excluding hydrogens is 310 g/mol. The molecule has 0 N–H and O–H groups in total. The van der Waals surface area contributed by atoms with Crippen LogP contribution in [0.5, 0.6) is 0 Å². The number of hydrogen-bond donors (Lipinski definition) is 0. The third kappa shape index (κ3) is 2.80. The molecule has 1 atom stereocenters. The molecule has 2 aromatic heterocycles. The van der Waals surface area contributed by atoms with Crippen LogP contribution in [-0.2, 0) is 7.05 Å². The van der Waals surface area contributed by atoms with Crippen LogP contribution in [0.2, 0.25) is 0 Å². The Morgan fingerprint density at radius 1 is 1.08 bits per heavy atom. The molecule has 1 unspecified atom stereocenters. The predicted octanol–water partition coefficient (Wildman–Crippen LogP) is 3.84. The zero-order valence-corrected chi connectivity index (χ0v) is 15.0. The van der Waals surface area contributed by atoms with Gasteiger partial charge >= 0.3 is 0 Å². The summed E-state index contributed by atoms with van der Waals surface area (Å²) < 4.78 is 1.98. The highest BCUT2D eigenvalue weighted by atomic mass is 15.3. The molecule has 1 saturated heterocycles. The van der Waals surface area contributed by atoms with Crippen molar-refractivity contribution in [2.24, 2.45) is 7.05 Å². The molecule has 5 heteroatoms. The monoisotopic (exact) mass is 333 g/mol. The van der Waals surface area contributed by atoms with Gasteiger partial charge in [0, 0.05) is 36.6 Å². The van der Waals surface area contributed by atoms with Crippen LogP contribution < -0.4 is 4.90 Å². The summed E-state index contributed by atoms with van der Waals surface area (Å²) in [6.45, 7) is 5.28. The Bertz CT molecular complexity index is 884. The van der Waals surface area contributed by atoms with Crippen LogP contribution in [0.1, 0.15) is 35.8 Å². The summed E-state index contributed by atoms with van der Waals surface area (Å²) in [4.78, 5) is 11.7. The van der Waals surface area contributed by atoms with Crippen molar-refractivity contribution in [1.82, 2.24) is 19.7 Å². The van der Waals surface area contributed by atoms with Crippen LogP contribution in [0.3, 0.4) is 0 Å².